The number of nitrogens with zero attached hydrogens (tertiary/aromatic N) is 2. The minimum absolute atomic E-state index is 0.0566. The zero-order valence-electron chi connectivity index (χ0n) is 9.52. The maximum atomic E-state index is 10.5. The van der Waals surface area contributed by atoms with Crippen molar-refractivity contribution < 1.29 is 14.8 Å². The second-order valence-corrected chi connectivity index (χ2v) is 4.11. The van der Waals surface area contributed by atoms with Gasteiger partial charge in [-0.3, -0.25) is 10.1 Å². The first-order valence-electron chi connectivity index (χ1n) is 4.96. The Kier molecular flexibility index (Phi) is 5.19. The Labute approximate surface area is 112 Å². The Hall–Kier alpha value is -2.72. The van der Waals surface area contributed by atoms with E-state index in [0.29, 0.717) is 5.56 Å². The Morgan fingerprint density at radius 1 is 1.47 bits per heavy atom. The number of carbonyl (C=O) groups is 1. The molecule has 19 heavy (non-hydrogen) atoms. The first kappa shape index (κ1) is 14.3. The zero-order valence-corrected chi connectivity index (χ0v) is 10.3. The van der Waals surface area contributed by atoms with Gasteiger partial charge in [0.1, 0.15) is 11.6 Å². The average molecular weight is 276 g/mol. The summed E-state index contributed by atoms with van der Waals surface area (Å²) in [5.74, 6) is -1.29. The van der Waals surface area contributed by atoms with Crippen molar-refractivity contribution in [3.63, 3.8) is 0 Å². The Balaban J connectivity index is 2.66. The molecule has 1 aromatic heterocycles. The van der Waals surface area contributed by atoms with Gasteiger partial charge in [0.2, 0.25) is 0 Å². The van der Waals surface area contributed by atoms with Crippen LogP contribution >= 0.6 is 11.3 Å². The van der Waals surface area contributed by atoms with E-state index in [1.807, 2.05) is 0 Å². The molecular formula is C12H8N2O4S. The third-order valence-electron chi connectivity index (χ3n) is 1.91. The summed E-state index contributed by atoms with van der Waals surface area (Å²) in [6.45, 7) is 0. The SMILES string of the molecule is N#C\C(=C/C=C/C=C/c1csc([N+](=O)[O-])c1)C(=O)O. The van der Waals surface area contributed by atoms with Crippen molar-refractivity contribution >= 4 is 28.4 Å². The van der Waals surface area contributed by atoms with Gasteiger partial charge in [0.25, 0.3) is 0 Å². The minimum Gasteiger partial charge on any atom is -0.477 e. The molecule has 0 saturated heterocycles. The van der Waals surface area contributed by atoms with Gasteiger partial charge >= 0.3 is 11.0 Å². The van der Waals surface area contributed by atoms with E-state index in [2.05, 4.69) is 0 Å². The summed E-state index contributed by atoms with van der Waals surface area (Å²) in [5.41, 5.74) is 0.319. The van der Waals surface area contributed by atoms with Crippen molar-refractivity contribution in [2.24, 2.45) is 0 Å². The van der Waals surface area contributed by atoms with E-state index < -0.39 is 10.9 Å². The van der Waals surface area contributed by atoms with Crippen molar-refractivity contribution in [1.29, 1.82) is 5.26 Å². The average Bonchev–Trinajstić information content (AvgIpc) is 2.82. The second-order valence-electron chi connectivity index (χ2n) is 3.22. The highest BCUT2D eigenvalue weighted by atomic mass is 32.1. The summed E-state index contributed by atoms with van der Waals surface area (Å²) < 4.78 is 0. The van der Waals surface area contributed by atoms with Crippen LogP contribution in [0.5, 0.6) is 0 Å². The molecule has 1 N–H and O–H groups in total. The first-order valence-corrected chi connectivity index (χ1v) is 5.84. The van der Waals surface area contributed by atoms with Gasteiger partial charge in [-0.2, -0.15) is 5.26 Å². The second kappa shape index (κ2) is 6.88. The van der Waals surface area contributed by atoms with E-state index >= 15 is 0 Å². The summed E-state index contributed by atoms with van der Waals surface area (Å²) in [5, 5.41) is 29.2. The molecule has 0 aliphatic carbocycles. The molecule has 0 atom stereocenters. The smallest absolute Gasteiger partial charge is 0.346 e. The molecule has 0 bridgehead atoms. The maximum Gasteiger partial charge on any atom is 0.346 e. The van der Waals surface area contributed by atoms with Crippen molar-refractivity contribution in [1.82, 2.24) is 0 Å². The molecule has 0 unspecified atom stereocenters. The van der Waals surface area contributed by atoms with Crippen LogP contribution in [0.4, 0.5) is 5.00 Å². The molecular weight excluding hydrogens is 268 g/mol. The van der Waals surface area contributed by atoms with Crippen LogP contribution in [-0.4, -0.2) is 16.0 Å². The van der Waals surface area contributed by atoms with Crippen LogP contribution in [0.25, 0.3) is 6.08 Å². The predicted octanol–water partition coefficient (Wildman–Crippen LogP) is 2.76. The van der Waals surface area contributed by atoms with Gasteiger partial charge < -0.3 is 5.11 Å². The molecule has 0 saturated carbocycles. The van der Waals surface area contributed by atoms with Gasteiger partial charge in [0, 0.05) is 11.4 Å². The largest absolute Gasteiger partial charge is 0.477 e. The fraction of sp³-hybridized carbons (Fsp3) is 0. The standard InChI is InChI=1S/C12H8N2O4S/c13-7-10(12(15)16)5-3-1-2-4-9-6-11(14(17)18)19-8-9/h1-6,8H,(H,15,16)/b3-1+,4-2+,10-5+. The fourth-order valence-electron chi connectivity index (χ4n) is 1.06. The number of carboxylic acid groups (broad SMARTS) is 1. The third kappa shape index (κ3) is 4.57. The molecule has 0 radical (unpaired) electrons. The van der Waals surface area contributed by atoms with Gasteiger partial charge in [0.05, 0.1) is 4.92 Å². The van der Waals surface area contributed by atoms with E-state index in [-0.39, 0.29) is 10.6 Å². The van der Waals surface area contributed by atoms with E-state index in [1.165, 1.54) is 30.4 Å². The number of nitro groups is 1. The van der Waals surface area contributed by atoms with Gasteiger partial charge in [-0.1, -0.05) is 35.6 Å². The monoisotopic (exact) mass is 276 g/mol. The molecule has 0 aliphatic rings. The lowest BCUT2D eigenvalue weighted by Crippen LogP contribution is -1.96. The molecule has 0 aliphatic heterocycles. The van der Waals surface area contributed by atoms with E-state index in [4.69, 9.17) is 10.4 Å². The lowest BCUT2D eigenvalue weighted by molar-refractivity contribution is -0.380. The number of carboxylic acids is 1. The molecule has 1 heterocycles. The van der Waals surface area contributed by atoms with E-state index in [1.54, 1.807) is 17.5 Å². The lowest BCUT2D eigenvalue weighted by atomic mass is 10.2. The summed E-state index contributed by atoms with van der Waals surface area (Å²) in [6.07, 6.45) is 7.34. The molecule has 1 rings (SSSR count). The number of nitriles is 1. The van der Waals surface area contributed by atoms with Crippen molar-refractivity contribution in [2.45, 2.75) is 0 Å². The highest BCUT2D eigenvalue weighted by Crippen LogP contribution is 2.23. The first-order chi connectivity index (χ1) is 9.04. The van der Waals surface area contributed by atoms with Crippen molar-refractivity contribution in [2.75, 3.05) is 0 Å². The normalized spacial score (nSPS) is 11.8. The van der Waals surface area contributed by atoms with Crippen LogP contribution in [0.3, 0.4) is 0 Å². The Bertz CT molecular complexity index is 620. The topological polar surface area (TPSA) is 104 Å². The minimum atomic E-state index is -1.29. The molecule has 96 valence electrons. The Morgan fingerprint density at radius 3 is 2.74 bits per heavy atom. The molecule has 0 aromatic carbocycles. The molecule has 0 fully saturated rings. The number of rotatable bonds is 5. The number of hydrogen-bond donors (Lipinski definition) is 1. The van der Waals surface area contributed by atoms with Gasteiger partial charge in [-0.25, -0.2) is 4.79 Å². The summed E-state index contributed by atoms with van der Waals surface area (Å²) in [7, 11) is 0. The third-order valence-corrected chi connectivity index (χ3v) is 2.81. The molecule has 0 amide bonds. The van der Waals surface area contributed by atoms with Crippen LogP contribution in [0, 0.1) is 21.4 Å². The zero-order chi connectivity index (χ0) is 14.3. The number of hydrogen-bond acceptors (Lipinski definition) is 5. The van der Waals surface area contributed by atoms with Crippen LogP contribution < -0.4 is 0 Å². The van der Waals surface area contributed by atoms with Crippen LogP contribution in [0.2, 0.25) is 0 Å². The maximum absolute atomic E-state index is 10.5. The van der Waals surface area contributed by atoms with Crippen molar-refractivity contribution in [3.8, 4) is 6.07 Å². The number of thiophene rings is 1. The highest BCUT2D eigenvalue weighted by Gasteiger charge is 2.07. The summed E-state index contributed by atoms with van der Waals surface area (Å²) >= 11 is 1.03. The summed E-state index contributed by atoms with van der Waals surface area (Å²) in [4.78, 5) is 20.5. The van der Waals surface area contributed by atoms with E-state index in [9.17, 15) is 14.9 Å². The molecule has 6 nitrogen and oxygen atoms in total. The molecule has 7 heteroatoms. The lowest BCUT2D eigenvalue weighted by Gasteiger charge is -1.84. The number of allylic oxidation sites excluding steroid dienone is 4. The van der Waals surface area contributed by atoms with E-state index in [0.717, 1.165) is 11.3 Å². The number of aliphatic carboxylic acids is 1. The van der Waals surface area contributed by atoms with Gasteiger partial charge in [0.15, 0.2) is 0 Å². The fourth-order valence-corrected chi connectivity index (χ4v) is 1.75. The van der Waals surface area contributed by atoms with Gasteiger partial charge in [-0.05, 0) is 11.6 Å². The quantitative estimate of drug-likeness (QED) is 0.293. The van der Waals surface area contributed by atoms with Gasteiger partial charge in [-0.15, -0.1) is 0 Å². The van der Waals surface area contributed by atoms with Crippen LogP contribution in [-0.2, 0) is 4.79 Å². The van der Waals surface area contributed by atoms with Crippen LogP contribution in [0.1, 0.15) is 5.56 Å². The highest BCUT2D eigenvalue weighted by molar-refractivity contribution is 7.13. The summed E-state index contributed by atoms with van der Waals surface area (Å²) in [6, 6.07) is 2.97. The van der Waals surface area contributed by atoms with Crippen LogP contribution in [0.15, 0.2) is 41.3 Å². The Morgan fingerprint density at radius 2 is 2.21 bits per heavy atom. The molecule has 0 spiro atoms. The molecule has 1 aromatic rings. The predicted molar refractivity (Wildman–Crippen MR) is 70.5 cm³/mol. The van der Waals surface area contributed by atoms with Crippen molar-refractivity contribution in [3.05, 3.63) is 57.0 Å².